The lowest BCUT2D eigenvalue weighted by Gasteiger charge is -2.02. The van der Waals surface area contributed by atoms with Crippen molar-refractivity contribution < 1.29 is 18.9 Å². The van der Waals surface area contributed by atoms with Crippen LogP contribution >= 0.6 is 0 Å². The van der Waals surface area contributed by atoms with E-state index in [2.05, 4.69) is 0 Å². The Morgan fingerprint density at radius 2 is 2.17 bits per heavy atom. The van der Waals surface area contributed by atoms with E-state index in [4.69, 9.17) is 14.4 Å². The summed E-state index contributed by atoms with van der Waals surface area (Å²) >= 11 is 0. The largest absolute Gasteiger partial charge is 0.462 e. The third-order valence-corrected chi connectivity index (χ3v) is 3.23. The van der Waals surface area contributed by atoms with E-state index in [0.29, 0.717) is 11.3 Å². The molecule has 0 aliphatic carbocycles. The van der Waals surface area contributed by atoms with Crippen molar-refractivity contribution in [3.05, 3.63) is 57.3 Å². The molecule has 0 unspecified atom stereocenters. The van der Waals surface area contributed by atoms with Crippen LogP contribution in [0.25, 0.3) is 17.4 Å². The maximum absolute atomic E-state index is 11.6. The molecule has 0 spiro atoms. The van der Waals surface area contributed by atoms with Gasteiger partial charge in [-0.05, 0) is 31.5 Å². The zero-order valence-electron chi connectivity index (χ0n) is 13.1. The molecule has 1 aromatic carbocycles. The Hall–Kier alpha value is -3.40. The summed E-state index contributed by atoms with van der Waals surface area (Å²) in [5.74, 6) is -0.0476. The fourth-order valence-electron chi connectivity index (χ4n) is 2.05. The monoisotopic (exact) mass is 326 g/mol. The molecule has 0 saturated heterocycles. The van der Waals surface area contributed by atoms with Gasteiger partial charge in [0.2, 0.25) is 0 Å². The third-order valence-electron chi connectivity index (χ3n) is 3.23. The van der Waals surface area contributed by atoms with Gasteiger partial charge in [0.25, 0.3) is 5.69 Å². The minimum atomic E-state index is -0.732. The van der Waals surface area contributed by atoms with Crippen LogP contribution in [-0.2, 0) is 9.53 Å². The van der Waals surface area contributed by atoms with Crippen LogP contribution in [0.5, 0.6) is 0 Å². The van der Waals surface area contributed by atoms with Gasteiger partial charge < -0.3 is 9.15 Å². The first-order valence-corrected chi connectivity index (χ1v) is 7.10. The van der Waals surface area contributed by atoms with Gasteiger partial charge in [0.15, 0.2) is 0 Å². The first kappa shape index (κ1) is 17.0. The predicted octanol–water partition coefficient (Wildman–Crippen LogP) is 3.63. The second-order valence-electron chi connectivity index (χ2n) is 4.85. The van der Waals surface area contributed by atoms with E-state index in [1.165, 1.54) is 18.2 Å². The number of carbonyl (C=O) groups is 1. The number of nitriles is 1. The van der Waals surface area contributed by atoms with E-state index in [0.717, 1.165) is 5.56 Å². The number of benzene rings is 1. The summed E-state index contributed by atoms with van der Waals surface area (Å²) in [6, 6.07) is 9.41. The van der Waals surface area contributed by atoms with Crippen LogP contribution in [-0.4, -0.2) is 17.5 Å². The van der Waals surface area contributed by atoms with Gasteiger partial charge in [-0.2, -0.15) is 5.26 Å². The van der Waals surface area contributed by atoms with E-state index in [1.807, 2.05) is 0 Å². The van der Waals surface area contributed by atoms with Gasteiger partial charge in [0, 0.05) is 23.8 Å². The summed E-state index contributed by atoms with van der Waals surface area (Å²) in [4.78, 5) is 22.0. The maximum Gasteiger partial charge on any atom is 0.349 e. The van der Waals surface area contributed by atoms with E-state index in [1.54, 1.807) is 38.1 Å². The Kier molecular flexibility index (Phi) is 5.12. The number of rotatable bonds is 5. The van der Waals surface area contributed by atoms with Gasteiger partial charge in [-0.15, -0.1) is 0 Å². The minimum Gasteiger partial charge on any atom is -0.462 e. The number of non-ortho nitro benzene ring substituents is 1. The summed E-state index contributed by atoms with van der Waals surface area (Å²) in [5.41, 5.74) is 1.14. The summed E-state index contributed by atoms with van der Waals surface area (Å²) in [6.07, 6.45) is 1.27. The highest BCUT2D eigenvalue weighted by atomic mass is 16.6. The van der Waals surface area contributed by atoms with Gasteiger partial charge in [0.1, 0.15) is 23.2 Å². The van der Waals surface area contributed by atoms with Crippen molar-refractivity contribution in [2.75, 3.05) is 6.61 Å². The van der Waals surface area contributed by atoms with Gasteiger partial charge >= 0.3 is 5.97 Å². The molecule has 0 atom stereocenters. The van der Waals surface area contributed by atoms with Crippen molar-refractivity contribution in [3.8, 4) is 17.4 Å². The Morgan fingerprint density at radius 3 is 2.79 bits per heavy atom. The number of ether oxygens (including phenoxy) is 1. The van der Waals surface area contributed by atoms with Crippen LogP contribution in [0.1, 0.15) is 18.2 Å². The normalized spacial score (nSPS) is 11.0. The number of furan rings is 1. The molecule has 0 radical (unpaired) electrons. The number of nitro benzene ring substituents is 1. The summed E-state index contributed by atoms with van der Waals surface area (Å²) in [7, 11) is 0. The van der Waals surface area contributed by atoms with E-state index >= 15 is 0 Å². The lowest BCUT2D eigenvalue weighted by Crippen LogP contribution is -2.05. The molecule has 1 aromatic heterocycles. The van der Waals surface area contributed by atoms with E-state index in [9.17, 15) is 14.9 Å². The SMILES string of the molecule is CCOC(=O)C(C#N)=Cc1ccc(-c2cc([N+](=O)[O-])ccc2C)o1. The Labute approximate surface area is 137 Å². The number of hydrogen-bond acceptors (Lipinski definition) is 6. The van der Waals surface area contributed by atoms with Gasteiger partial charge in [0.05, 0.1) is 11.5 Å². The molecule has 0 fully saturated rings. The minimum absolute atomic E-state index is 0.0478. The Balaban J connectivity index is 2.38. The van der Waals surface area contributed by atoms with E-state index in [-0.39, 0.29) is 23.6 Å². The van der Waals surface area contributed by atoms with Crippen molar-refractivity contribution in [1.82, 2.24) is 0 Å². The van der Waals surface area contributed by atoms with Gasteiger partial charge in [-0.25, -0.2) is 4.79 Å². The topological polar surface area (TPSA) is 106 Å². The van der Waals surface area contributed by atoms with Gasteiger partial charge in [-0.1, -0.05) is 6.07 Å². The maximum atomic E-state index is 11.6. The molecule has 0 bridgehead atoms. The molecule has 0 aliphatic rings. The van der Waals surface area contributed by atoms with Crippen LogP contribution in [0.15, 0.2) is 40.3 Å². The summed E-state index contributed by atoms with van der Waals surface area (Å²) < 4.78 is 10.4. The lowest BCUT2D eigenvalue weighted by molar-refractivity contribution is -0.384. The predicted molar refractivity (Wildman–Crippen MR) is 85.8 cm³/mol. The van der Waals surface area contributed by atoms with Crippen LogP contribution in [0.4, 0.5) is 5.69 Å². The van der Waals surface area contributed by atoms with Crippen LogP contribution in [0, 0.1) is 28.4 Å². The quantitative estimate of drug-likeness (QED) is 0.273. The highest BCUT2D eigenvalue weighted by molar-refractivity contribution is 5.97. The van der Waals surface area contributed by atoms with Gasteiger partial charge in [-0.3, -0.25) is 10.1 Å². The average molecular weight is 326 g/mol. The number of esters is 1. The fraction of sp³-hybridized carbons (Fsp3) is 0.176. The highest BCUT2D eigenvalue weighted by Gasteiger charge is 2.14. The van der Waals surface area contributed by atoms with Crippen LogP contribution in [0.2, 0.25) is 0 Å². The molecule has 0 aliphatic heterocycles. The molecule has 7 nitrogen and oxygen atoms in total. The van der Waals surface area contributed by atoms with Crippen molar-refractivity contribution in [2.24, 2.45) is 0 Å². The highest BCUT2D eigenvalue weighted by Crippen LogP contribution is 2.29. The number of nitrogens with zero attached hydrogens (tertiary/aromatic N) is 2. The fourth-order valence-corrected chi connectivity index (χ4v) is 2.05. The summed E-state index contributed by atoms with van der Waals surface area (Å²) in [6.45, 7) is 3.60. The van der Waals surface area contributed by atoms with Crippen molar-refractivity contribution in [1.29, 1.82) is 5.26 Å². The standard InChI is InChI=1S/C17H14N2O5/c1-3-23-17(20)12(10-18)8-14-6-7-16(24-14)15-9-13(19(21)22)5-4-11(15)2/h4-9H,3H2,1-2H3. The molecule has 1 heterocycles. The smallest absolute Gasteiger partial charge is 0.349 e. The number of hydrogen-bond donors (Lipinski definition) is 0. The second kappa shape index (κ2) is 7.24. The third kappa shape index (κ3) is 3.67. The number of aryl methyl sites for hydroxylation is 1. The van der Waals surface area contributed by atoms with E-state index < -0.39 is 10.9 Å². The number of carbonyl (C=O) groups excluding carboxylic acids is 1. The Bertz CT molecular complexity index is 858. The Morgan fingerprint density at radius 1 is 1.42 bits per heavy atom. The van der Waals surface area contributed by atoms with Crippen molar-refractivity contribution >= 4 is 17.7 Å². The molecule has 7 heteroatoms. The molecule has 0 saturated carbocycles. The van der Waals surface area contributed by atoms with Crippen molar-refractivity contribution in [3.63, 3.8) is 0 Å². The molecule has 2 aromatic rings. The summed E-state index contributed by atoms with van der Waals surface area (Å²) in [5, 5.41) is 19.9. The zero-order valence-corrected chi connectivity index (χ0v) is 13.1. The molecular formula is C17H14N2O5. The lowest BCUT2D eigenvalue weighted by atomic mass is 10.1. The first-order valence-electron chi connectivity index (χ1n) is 7.10. The van der Waals surface area contributed by atoms with Crippen LogP contribution < -0.4 is 0 Å². The average Bonchev–Trinajstić information content (AvgIpc) is 3.01. The zero-order chi connectivity index (χ0) is 17.7. The van der Waals surface area contributed by atoms with Crippen molar-refractivity contribution in [2.45, 2.75) is 13.8 Å². The second-order valence-corrected chi connectivity index (χ2v) is 4.85. The van der Waals surface area contributed by atoms with Crippen LogP contribution in [0.3, 0.4) is 0 Å². The molecule has 2 rings (SSSR count). The molecule has 24 heavy (non-hydrogen) atoms. The molecular weight excluding hydrogens is 312 g/mol. The molecule has 0 amide bonds. The molecule has 0 N–H and O–H groups in total. The first-order chi connectivity index (χ1) is 11.5. The number of nitro groups is 1. The molecule has 122 valence electrons.